The number of halogens is 1. The Morgan fingerprint density at radius 3 is 2.71 bits per heavy atom. The second kappa shape index (κ2) is 12.0. The summed E-state index contributed by atoms with van der Waals surface area (Å²) in [4.78, 5) is 33.1. The summed E-state index contributed by atoms with van der Waals surface area (Å²) < 4.78 is 41.9. The molecule has 7 atom stereocenters. The number of nitrogens with one attached hydrogen (secondary N) is 1. The van der Waals surface area contributed by atoms with Gasteiger partial charge in [0.25, 0.3) is 5.56 Å². The van der Waals surface area contributed by atoms with Crippen molar-refractivity contribution in [2.45, 2.75) is 97.2 Å². The molecule has 12 heteroatoms. The van der Waals surface area contributed by atoms with E-state index in [1.807, 2.05) is 6.92 Å². The van der Waals surface area contributed by atoms with Gasteiger partial charge in [-0.2, -0.15) is 4.98 Å². The van der Waals surface area contributed by atoms with Crippen molar-refractivity contribution in [2.75, 3.05) is 11.9 Å². The Balaban J connectivity index is 1.95. The zero-order valence-corrected chi connectivity index (χ0v) is 21.9. The summed E-state index contributed by atoms with van der Waals surface area (Å²) in [5.74, 6) is -0.686. The lowest BCUT2D eigenvalue weighted by atomic mass is 9.79. The Hall–Kier alpha value is -1.81. The Bertz CT molecular complexity index is 1080. The molecule has 4 N–H and O–H groups in total. The average Bonchev–Trinajstić information content (AvgIpc) is 3.35. The van der Waals surface area contributed by atoms with Crippen molar-refractivity contribution in [3.8, 4) is 0 Å². The molecule has 3 rings (SSSR count). The summed E-state index contributed by atoms with van der Waals surface area (Å²) in [6.07, 6.45) is 3.49. The van der Waals surface area contributed by atoms with Gasteiger partial charge in [-0.25, -0.2) is 9.37 Å². The van der Waals surface area contributed by atoms with Crippen molar-refractivity contribution in [1.29, 1.82) is 0 Å². The van der Waals surface area contributed by atoms with Crippen LogP contribution >= 0.6 is 7.60 Å². The number of nitrogen functional groups attached to an aromatic ring is 1. The highest BCUT2D eigenvalue weighted by molar-refractivity contribution is 7.52. The fraction of sp³-hybridized carbons (Fsp3) is 0.783. The minimum absolute atomic E-state index is 0.0108. The molecule has 2 aromatic rings. The van der Waals surface area contributed by atoms with E-state index < -0.39 is 43.7 Å². The molecule has 0 aromatic carbocycles. The lowest BCUT2D eigenvalue weighted by Crippen LogP contribution is -2.37. The Labute approximate surface area is 205 Å². The Morgan fingerprint density at radius 2 is 2.06 bits per heavy atom. The minimum atomic E-state index is -3.84. The highest BCUT2D eigenvalue weighted by Gasteiger charge is 2.52. The van der Waals surface area contributed by atoms with Gasteiger partial charge in [0.05, 0.1) is 18.5 Å². The van der Waals surface area contributed by atoms with Crippen LogP contribution in [0, 0.1) is 11.8 Å². The third kappa shape index (κ3) is 6.31. The number of ether oxygens (including phenoxy) is 1. The maximum atomic E-state index is 16.2. The van der Waals surface area contributed by atoms with E-state index in [-0.39, 0.29) is 29.2 Å². The number of rotatable bonds is 13. The molecule has 0 spiro atoms. The number of unbranched alkanes of at least 4 members (excludes halogenated alkanes) is 3. The van der Waals surface area contributed by atoms with Crippen LogP contribution in [0.3, 0.4) is 0 Å². The molecule has 0 saturated carbocycles. The van der Waals surface area contributed by atoms with Crippen LogP contribution in [0.4, 0.5) is 10.3 Å². The van der Waals surface area contributed by atoms with Gasteiger partial charge in [-0.05, 0) is 25.7 Å². The number of H-pyrrole nitrogens is 1. The quantitative estimate of drug-likeness (QED) is 0.260. The molecule has 35 heavy (non-hydrogen) atoms. The number of hydrogen-bond acceptors (Lipinski definition) is 7. The second-order valence-corrected chi connectivity index (χ2v) is 11.4. The van der Waals surface area contributed by atoms with E-state index >= 15 is 4.39 Å². The standard InChI is InChI=1S/C23H39FN5O5P/c1-5-8-9-10-11-15(7-3)16-17(24)22(33-19(16)14(4)34-35(31,32)12-6-2)29-13-26-18-20(29)27-23(25)28-21(18)30/h13-17,19,22H,5-12H2,1-4H3,(H,31,32)(H3,25,27,28,30). The Kier molecular flexibility index (Phi) is 9.48. The maximum Gasteiger partial charge on any atom is 0.328 e. The zero-order valence-electron chi connectivity index (χ0n) is 21.0. The number of fused-ring (bicyclic) bond motifs is 1. The lowest BCUT2D eigenvalue weighted by molar-refractivity contribution is -0.0647. The van der Waals surface area contributed by atoms with Crippen LogP contribution in [-0.4, -0.2) is 49.0 Å². The van der Waals surface area contributed by atoms with E-state index in [9.17, 15) is 14.3 Å². The van der Waals surface area contributed by atoms with Crippen LogP contribution in [0.25, 0.3) is 11.2 Å². The van der Waals surface area contributed by atoms with E-state index in [4.69, 9.17) is 15.0 Å². The van der Waals surface area contributed by atoms with Crippen LogP contribution in [-0.2, 0) is 13.8 Å². The van der Waals surface area contributed by atoms with E-state index in [1.54, 1.807) is 13.8 Å². The van der Waals surface area contributed by atoms with Gasteiger partial charge in [-0.15, -0.1) is 0 Å². The topological polar surface area (TPSA) is 145 Å². The van der Waals surface area contributed by atoms with E-state index in [2.05, 4.69) is 21.9 Å². The third-order valence-electron chi connectivity index (χ3n) is 6.84. The fourth-order valence-electron chi connectivity index (χ4n) is 5.16. The molecule has 1 aliphatic heterocycles. The van der Waals surface area contributed by atoms with Crippen LogP contribution in [0.15, 0.2) is 11.1 Å². The number of imidazole rings is 1. The summed E-state index contributed by atoms with van der Waals surface area (Å²) in [5, 5.41) is 0. The molecule has 0 aliphatic carbocycles. The van der Waals surface area contributed by atoms with Gasteiger partial charge in [0.15, 0.2) is 23.6 Å². The van der Waals surface area contributed by atoms with Crippen LogP contribution < -0.4 is 11.3 Å². The number of aromatic amines is 1. The number of anilines is 1. The smallest absolute Gasteiger partial charge is 0.328 e. The largest absolute Gasteiger partial charge is 0.369 e. The molecule has 1 saturated heterocycles. The molecule has 3 heterocycles. The van der Waals surface area contributed by atoms with Gasteiger partial charge in [0.1, 0.15) is 0 Å². The van der Waals surface area contributed by atoms with E-state index in [1.165, 1.54) is 10.9 Å². The molecule has 0 bridgehead atoms. The van der Waals surface area contributed by atoms with Crippen molar-refractivity contribution in [1.82, 2.24) is 19.5 Å². The van der Waals surface area contributed by atoms with Crippen LogP contribution in [0.2, 0.25) is 0 Å². The maximum absolute atomic E-state index is 16.2. The van der Waals surface area contributed by atoms with Crippen molar-refractivity contribution in [2.24, 2.45) is 11.8 Å². The van der Waals surface area contributed by atoms with Gasteiger partial charge in [-0.3, -0.25) is 18.9 Å². The number of nitrogens with two attached hydrogens (primary N) is 1. The van der Waals surface area contributed by atoms with Gasteiger partial charge >= 0.3 is 7.60 Å². The molecular formula is C23H39FN5O5P. The summed E-state index contributed by atoms with van der Waals surface area (Å²) in [7, 11) is -3.84. The number of aromatic nitrogens is 4. The molecule has 7 unspecified atom stereocenters. The zero-order chi connectivity index (χ0) is 25.8. The summed E-state index contributed by atoms with van der Waals surface area (Å²) in [5.41, 5.74) is 5.36. The van der Waals surface area contributed by atoms with Gasteiger partial charge in [-0.1, -0.05) is 52.9 Å². The number of nitrogens with zero attached hydrogens (tertiary/aromatic N) is 3. The molecule has 10 nitrogen and oxygen atoms in total. The molecule has 198 valence electrons. The fourth-order valence-corrected chi connectivity index (χ4v) is 6.47. The third-order valence-corrected chi connectivity index (χ3v) is 8.51. The van der Waals surface area contributed by atoms with E-state index in [0.717, 1.165) is 38.5 Å². The molecule has 1 aliphatic rings. The predicted octanol–water partition coefficient (Wildman–Crippen LogP) is 4.55. The summed E-state index contributed by atoms with van der Waals surface area (Å²) in [6, 6.07) is 0. The first kappa shape index (κ1) is 27.8. The van der Waals surface area contributed by atoms with Crippen molar-refractivity contribution in [3.63, 3.8) is 0 Å². The average molecular weight is 516 g/mol. The summed E-state index contributed by atoms with van der Waals surface area (Å²) in [6.45, 7) is 7.62. The van der Waals surface area contributed by atoms with Gasteiger partial charge in [0.2, 0.25) is 5.95 Å². The highest BCUT2D eigenvalue weighted by atomic mass is 31.2. The molecular weight excluding hydrogens is 476 g/mol. The first-order valence-corrected chi connectivity index (χ1v) is 14.4. The Morgan fingerprint density at radius 1 is 1.31 bits per heavy atom. The number of hydrogen-bond donors (Lipinski definition) is 3. The molecule has 1 fully saturated rings. The van der Waals surface area contributed by atoms with Crippen LogP contribution in [0.5, 0.6) is 0 Å². The molecule has 2 aromatic heterocycles. The SMILES string of the molecule is CCCCCCC(CC)C1C(F)C(n2cnc3c(=O)[nH]c(N)nc32)OC1C(C)OP(=O)(O)CCC. The van der Waals surface area contributed by atoms with Crippen LogP contribution in [0.1, 0.15) is 78.9 Å². The van der Waals surface area contributed by atoms with Gasteiger partial charge < -0.3 is 19.9 Å². The van der Waals surface area contributed by atoms with Crippen molar-refractivity contribution in [3.05, 3.63) is 16.7 Å². The highest BCUT2D eigenvalue weighted by Crippen LogP contribution is 2.50. The van der Waals surface area contributed by atoms with Crippen molar-refractivity contribution >= 4 is 24.7 Å². The normalized spacial score (nSPS) is 26.1. The monoisotopic (exact) mass is 515 g/mol. The molecule has 0 amide bonds. The van der Waals surface area contributed by atoms with E-state index in [0.29, 0.717) is 6.42 Å². The number of alkyl halides is 1. The van der Waals surface area contributed by atoms with Crippen molar-refractivity contribution < 1.29 is 23.1 Å². The summed E-state index contributed by atoms with van der Waals surface area (Å²) >= 11 is 0. The second-order valence-electron chi connectivity index (χ2n) is 9.48. The van der Waals surface area contributed by atoms with Gasteiger partial charge in [0, 0.05) is 12.1 Å². The first-order valence-electron chi connectivity index (χ1n) is 12.7. The predicted molar refractivity (Wildman–Crippen MR) is 133 cm³/mol. The lowest BCUT2D eigenvalue weighted by Gasteiger charge is -2.31. The first-order chi connectivity index (χ1) is 16.6. The molecule has 0 radical (unpaired) electrons. The minimum Gasteiger partial charge on any atom is -0.369 e.